The molecular weight excluding hydrogens is 489 g/mol. The van der Waals surface area contributed by atoms with Gasteiger partial charge < -0.3 is 14.7 Å². The normalized spacial score (nSPS) is 16.7. The molecule has 0 spiro atoms. The number of ether oxygens (including phenoxy) is 2. The van der Waals surface area contributed by atoms with Gasteiger partial charge in [-0.3, -0.25) is 9.10 Å². The molecule has 1 atom stereocenters. The Morgan fingerprint density at radius 2 is 2.03 bits per heavy atom. The van der Waals surface area contributed by atoms with Crippen LogP contribution in [0, 0.1) is 0 Å². The third kappa shape index (κ3) is 5.33. The number of carbonyl (C=O) groups excluding carboxylic acids is 1. The number of methoxy groups -OCH3 is 1. The second-order valence-corrected chi connectivity index (χ2v) is 9.21. The van der Waals surface area contributed by atoms with E-state index in [2.05, 4.69) is 9.89 Å². The zero-order valence-electron chi connectivity index (χ0n) is 17.0. The van der Waals surface area contributed by atoms with E-state index in [1.165, 1.54) is 25.3 Å². The highest BCUT2D eigenvalue weighted by Crippen LogP contribution is 2.39. The topological polar surface area (TPSA) is 106 Å². The number of oxime groups is 1. The number of rotatable bonds is 6. The number of halogens is 4. The van der Waals surface area contributed by atoms with E-state index in [1.807, 2.05) is 0 Å². The second-order valence-electron chi connectivity index (χ2n) is 6.99. The summed E-state index contributed by atoms with van der Waals surface area (Å²) in [6.07, 6.45) is -5.49. The fourth-order valence-electron chi connectivity index (χ4n) is 3.22. The van der Waals surface area contributed by atoms with Gasteiger partial charge in [0, 0.05) is 12.0 Å². The van der Waals surface area contributed by atoms with Crippen LogP contribution in [0.25, 0.3) is 0 Å². The molecule has 8 nitrogen and oxygen atoms in total. The average Bonchev–Trinajstić information content (AvgIpc) is 2.80. The van der Waals surface area contributed by atoms with E-state index in [0.717, 1.165) is 22.5 Å². The van der Waals surface area contributed by atoms with Crippen molar-refractivity contribution in [3.63, 3.8) is 0 Å². The summed E-state index contributed by atoms with van der Waals surface area (Å²) in [4.78, 5) is 10.9. The number of hydrogen-bond acceptors (Lipinski definition) is 7. The zero-order chi connectivity index (χ0) is 24.4. The van der Waals surface area contributed by atoms with Gasteiger partial charge in [0.05, 0.1) is 29.8 Å². The van der Waals surface area contributed by atoms with Gasteiger partial charge in [-0.15, -0.1) is 0 Å². The number of benzene rings is 2. The lowest BCUT2D eigenvalue weighted by atomic mass is 10.1. The summed E-state index contributed by atoms with van der Waals surface area (Å²) in [5.74, 6) is -0.434. The minimum atomic E-state index is -4.74. The van der Waals surface area contributed by atoms with Crippen molar-refractivity contribution in [1.82, 2.24) is 0 Å². The Labute approximate surface area is 192 Å². The molecule has 1 aliphatic rings. The third-order valence-corrected chi connectivity index (χ3v) is 6.93. The van der Waals surface area contributed by atoms with Crippen LogP contribution in [0.3, 0.4) is 0 Å². The van der Waals surface area contributed by atoms with Crippen molar-refractivity contribution in [3.05, 3.63) is 53.6 Å². The van der Waals surface area contributed by atoms with Gasteiger partial charge in [-0.25, -0.2) is 8.42 Å². The summed E-state index contributed by atoms with van der Waals surface area (Å²) in [5, 5.41) is 11.5. The van der Waals surface area contributed by atoms with Crippen molar-refractivity contribution in [2.75, 3.05) is 18.0 Å². The largest absolute Gasteiger partial charge is 0.486 e. The maximum absolute atomic E-state index is 13.4. The first-order valence-corrected chi connectivity index (χ1v) is 11.2. The van der Waals surface area contributed by atoms with Crippen molar-refractivity contribution < 1.29 is 41.1 Å². The Balaban J connectivity index is 2.08. The molecule has 13 heteroatoms. The molecule has 0 aromatic heterocycles. The number of sulfonamides is 1. The van der Waals surface area contributed by atoms with Crippen LogP contribution in [0.2, 0.25) is 0 Å². The van der Waals surface area contributed by atoms with Crippen molar-refractivity contribution in [2.45, 2.75) is 30.0 Å². The molecule has 2 aromatic carbocycles. The van der Waals surface area contributed by atoms with Crippen molar-refractivity contribution in [3.8, 4) is 5.75 Å². The lowest BCUT2D eigenvalue weighted by molar-refractivity contribution is -0.141. The average molecular weight is 507 g/mol. The van der Waals surface area contributed by atoms with Gasteiger partial charge in [-0.05, 0) is 42.8 Å². The van der Waals surface area contributed by atoms with Crippen LogP contribution >= 0.6 is 11.6 Å². The van der Waals surface area contributed by atoms with Crippen molar-refractivity contribution in [2.24, 2.45) is 5.16 Å². The highest BCUT2D eigenvalue weighted by atomic mass is 35.5. The lowest BCUT2D eigenvalue weighted by Crippen LogP contribution is -2.43. The van der Waals surface area contributed by atoms with Gasteiger partial charge >= 0.3 is 12.1 Å². The van der Waals surface area contributed by atoms with E-state index in [0.29, 0.717) is 6.07 Å². The van der Waals surface area contributed by atoms with Crippen LogP contribution in [0.1, 0.15) is 24.0 Å². The van der Waals surface area contributed by atoms with E-state index in [4.69, 9.17) is 21.5 Å². The molecule has 1 aliphatic heterocycles. The van der Waals surface area contributed by atoms with Crippen LogP contribution < -0.4 is 9.04 Å². The van der Waals surface area contributed by atoms with Gasteiger partial charge in [0.1, 0.15) is 11.9 Å². The van der Waals surface area contributed by atoms with Crippen molar-refractivity contribution >= 4 is 38.5 Å². The smallest absolute Gasteiger partial charge is 0.416 e. The second kappa shape index (κ2) is 9.48. The Kier molecular flexibility index (Phi) is 7.08. The maximum Gasteiger partial charge on any atom is 0.416 e. The SMILES string of the molecule is COC(=O)CC[C@H]1CN(S(=O)(=O)c2cccc(C(F)(F)F)c2)c2cc(/C(Cl)=N/O)ccc2O1. The number of carbonyl (C=O) groups is 1. The predicted octanol–water partition coefficient (Wildman–Crippen LogP) is 3.99. The first-order chi connectivity index (χ1) is 15.5. The maximum atomic E-state index is 13.4. The first-order valence-electron chi connectivity index (χ1n) is 9.43. The van der Waals surface area contributed by atoms with Crippen LogP contribution in [0.4, 0.5) is 18.9 Å². The third-order valence-electron chi connectivity index (χ3n) is 4.86. The molecule has 2 aromatic rings. The molecule has 0 radical (unpaired) electrons. The summed E-state index contributed by atoms with van der Waals surface area (Å²) in [6.45, 7) is -0.292. The lowest BCUT2D eigenvalue weighted by Gasteiger charge is -2.35. The van der Waals surface area contributed by atoms with Crippen LogP contribution in [-0.4, -0.2) is 44.5 Å². The fraction of sp³-hybridized carbons (Fsp3) is 0.300. The number of hydrogen-bond donors (Lipinski definition) is 1. The number of fused-ring (bicyclic) bond motifs is 1. The molecule has 3 rings (SSSR count). The fourth-order valence-corrected chi connectivity index (χ4v) is 4.88. The molecule has 178 valence electrons. The molecule has 0 unspecified atom stereocenters. The molecule has 0 saturated heterocycles. The summed E-state index contributed by atoms with van der Waals surface area (Å²) >= 11 is 5.83. The Morgan fingerprint density at radius 1 is 1.30 bits per heavy atom. The van der Waals surface area contributed by atoms with Crippen LogP contribution in [0.5, 0.6) is 5.75 Å². The number of alkyl halides is 3. The summed E-state index contributed by atoms with van der Waals surface area (Å²) in [5.41, 5.74) is -0.983. The Hall–Kier alpha value is -2.99. The molecule has 0 saturated carbocycles. The van der Waals surface area contributed by atoms with E-state index in [1.54, 1.807) is 0 Å². The Bertz CT molecular complexity index is 1190. The molecule has 33 heavy (non-hydrogen) atoms. The molecular formula is C20H18ClF3N2O6S. The minimum Gasteiger partial charge on any atom is -0.486 e. The van der Waals surface area contributed by atoms with Gasteiger partial charge in [-0.2, -0.15) is 13.2 Å². The highest BCUT2D eigenvalue weighted by Gasteiger charge is 2.37. The van der Waals surface area contributed by atoms with Gasteiger partial charge in [0.25, 0.3) is 10.0 Å². The minimum absolute atomic E-state index is 0.0129. The molecule has 0 amide bonds. The molecule has 0 fully saturated rings. The zero-order valence-corrected chi connectivity index (χ0v) is 18.6. The van der Waals surface area contributed by atoms with Gasteiger partial charge in [0.2, 0.25) is 0 Å². The molecule has 0 bridgehead atoms. The monoisotopic (exact) mass is 506 g/mol. The molecule has 0 aliphatic carbocycles. The quantitative estimate of drug-likeness (QED) is 0.275. The number of nitrogens with zero attached hydrogens (tertiary/aromatic N) is 2. The van der Waals surface area contributed by atoms with Crippen molar-refractivity contribution in [1.29, 1.82) is 0 Å². The Morgan fingerprint density at radius 3 is 2.67 bits per heavy atom. The van der Waals surface area contributed by atoms with E-state index in [9.17, 15) is 26.4 Å². The predicted molar refractivity (Wildman–Crippen MR) is 112 cm³/mol. The van der Waals surface area contributed by atoms with E-state index in [-0.39, 0.29) is 41.6 Å². The summed E-state index contributed by atoms with van der Waals surface area (Å²) in [6, 6.07) is 7.43. The summed E-state index contributed by atoms with van der Waals surface area (Å²) in [7, 11) is -3.29. The molecule has 1 N–H and O–H groups in total. The van der Waals surface area contributed by atoms with Crippen LogP contribution in [0.15, 0.2) is 52.5 Å². The number of anilines is 1. The number of esters is 1. The standard InChI is InChI=1S/C20H18ClF3N2O6S/c1-31-18(27)8-6-14-11-26(16-9-12(19(21)25-28)5-7-17(16)32-14)33(29,30)15-4-2-3-13(10-15)20(22,23)24/h2-5,7,9-10,14,28H,6,8,11H2,1H3/b25-19-/t14-/m0/s1. The van der Waals surface area contributed by atoms with E-state index < -0.39 is 38.7 Å². The van der Waals surface area contributed by atoms with E-state index >= 15 is 0 Å². The van der Waals surface area contributed by atoms with Gasteiger partial charge in [0.15, 0.2) is 5.17 Å². The first kappa shape index (κ1) is 24.6. The van der Waals surface area contributed by atoms with Crippen LogP contribution in [-0.2, 0) is 25.7 Å². The highest BCUT2D eigenvalue weighted by molar-refractivity contribution is 7.92. The van der Waals surface area contributed by atoms with Gasteiger partial charge in [-0.1, -0.05) is 22.8 Å². The summed E-state index contributed by atoms with van der Waals surface area (Å²) < 4.78 is 77.6. The molecule has 1 heterocycles.